The van der Waals surface area contributed by atoms with E-state index in [1.54, 1.807) is 12.1 Å². The second kappa shape index (κ2) is 6.96. The summed E-state index contributed by atoms with van der Waals surface area (Å²) < 4.78 is 33.8. The minimum atomic E-state index is -2.86. The lowest BCUT2D eigenvalue weighted by Gasteiger charge is -2.12. The molecule has 1 rings (SSSR count). The minimum Gasteiger partial charge on any atom is -0.493 e. The van der Waals surface area contributed by atoms with E-state index in [4.69, 9.17) is 4.74 Å². The fourth-order valence-corrected chi connectivity index (χ4v) is 1.44. The van der Waals surface area contributed by atoms with Gasteiger partial charge in [-0.25, -0.2) is 0 Å². The number of alkyl halides is 2. The minimum absolute atomic E-state index is 0.0436. The van der Waals surface area contributed by atoms with Crippen LogP contribution in [0.5, 0.6) is 11.5 Å². The maximum Gasteiger partial charge on any atom is 0.387 e. The molecular formula is C13H17F2NO2. The van der Waals surface area contributed by atoms with Crippen LogP contribution in [0.2, 0.25) is 0 Å². The lowest BCUT2D eigenvalue weighted by molar-refractivity contribution is -0.0512. The Morgan fingerprint density at radius 1 is 1.39 bits per heavy atom. The van der Waals surface area contributed by atoms with Crippen molar-refractivity contribution in [2.75, 3.05) is 13.7 Å². The van der Waals surface area contributed by atoms with Gasteiger partial charge in [-0.3, -0.25) is 0 Å². The van der Waals surface area contributed by atoms with Gasteiger partial charge in [-0.15, -0.1) is 0 Å². The summed E-state index contributed by atoms with van der Waals surface area (Å²) in [6.07, 6.45) is 0. The Morgan fingerprint density at radius 2 is 2.11 bits per heavy atom. The SMILES string of the molecule is C=C(C)CNCc1ccc(OC)c(OC(F)F)c1. The molecule has 0 saturated heterocycles. The summed E-state index contributed by atoms with van der Waals surface area (Å²) in [5.41, 5.74) is 1.85. The molecule has 3 nitrogen and oxygen atoms in total. The highest BCUT2D eigenvalue weighted by atomic mass is 19.3. The number of ether oxygens (including phenoxy) is 2. The lowest BCUT2D eigenvalue weighted by Crippen LogP contribution is -2.15. The number of hydrogen-bond acceptors (Lipinski definition) is 3. The molecule has 0 saturated carbocycles. The van der Waals surface area contributed by atoms with E-state index in [9.17, 15) is 8.78 Å². The van der Waals surface area contributed by atoms with Gasteiger partial charge in [0, 0.05) is 13.1 Å². The van der Waals surface area contributed by atoms with Gasteiger partial charge in [-0.2, -0.15) is 8.78 Å². The van der Waals surface area contributed by atoms with E-state index < -0.39 is 6.61 Å². The molecule has 0 aliphatic heterocycles. The molecule has 100 valence electrons. The van der Waals surface area contributed by atoms with Gasteiger partial charge in [-0.05, 0) is 24.6 Å². The standard InChI is InChI=1S/C13H17F2NO2/c1-9(2)7-16-8-10-4-5-11(17-3)12(6-10)18-13(14)15/h4-6,13,16H,1,7-8H2,2-3H3. The van der Waals surface area contributed by atoms with Crippen LogP contribution in [-0.4, -0.2) is 20.3 Å². The Labute approximate surface area is 105 Å². The van der Waals surface area contributed by atoms with Gasteiger partial charge < -0.3 is 14.8 Å². The van der Waals surface area contributed by atoms with Gasteiger partial charge in [0.05, 0.1) is 7.11 Å². The van der Waals surface area contributed by atoms with Crippen molar-refractivity contribution in [3.8, 4) is 11.5 Å². The first-order chi connectivity index (χ1) is 8.52. The van der Waals surface area contributed by atoms with Gasteiger partial charge >= 0.3 is 6.61 Å². The second-order valence-electron chi connectivity index (χ2n) is 3.92. The van der Waals surface area contributed by atoms with E-state index in [-0.39, 0.29) is 5.75 Å². The van der Waals surface area contributed by atoms with Crippen molar-refractivity contribution < 1.29 is 18.3 Å². The second-order valence-corrected chi connectivity index (χ2v) is 3.92. The summed E-state index contributed by atoms with van der Waals surface area (Å²) in [7, 11) is 1.41. The quantitative estimate of drug-likeness (QED) is 0.762. The molecule has 1 aromatic rings. The molecule has 0 bridgehead atoms. The third kappa shape index (κ3) is 4.71. The third-order valence-corrected chi connectivity index (χ3v) is 2.20. The highest BCUT2D eigenvalue weighted by molar-refractivity contribution is 5.43. The lowest BCUT2D eigenvalue weighted by atomic mass is 10.2. The zero-order valence-corrected chi connectivity index (χ0v) is 10.5. The topological polar surface area (TPSA) is 30.5 Å². The number of halogens is 2. The van der Waals surface area contributed by atoms with Crippen molar-refractivity contribution in [3.05, 3.63) is 35.9 Å². The van der Waals surface area contributed by atoms with Crippen LogP contribution in [0.25, 0.3) is 0 Å². The summed E-state index contributed by atoms with van der Waals surface area (Å²) in [5, 5.41) is 3.14. The normalized spacial score (nSPS) is 10.5. The van der Waals surface area contributed by atoms with E-state index in [0.717, 1.165) is 11.1 Å². The van der Waals surface area contributed by atoms with Crippen LogP contribution in [0.4, 0.5) is 8.78 Å². The number of benzene rings is 1. The van der Waals surface area contributed by atoms with E-state index in [2.05, 4.69) is 16.6 Å². The fourth-order valence-electron chi connectivity index (χ4n) is 1.44. The van der Waals surface area contributed by atoms with Crippen molar-refractivity contribution in [1.82, 2.24) is 5.32 Å². The Balaban J connectivity index is 2.72. The molecule has 18 heavy (non-hydrogen) atoms. The highest BCUT2D eigenvalue weighted by Crippen LogP contribution is 2.29. The van der Waals surface area contributed by atoms with Gasteiger partial charge in [0.2, 0.25) is 0 Å². The predicted molar refractivity (Wildman–Crippen MR) is 66.1 cm³/mol. The van der Waals surface area contributed by atoms with Crippen LogP contribution in [0, 0.1) is 0 Å². The molecule has 5 heteroatoms. The Kier molecular flexibility index (Phi) is 5.58. The van der Waals surface area contributed by atoms with E-state index >= 15 is 0 Å². The molecule has 1 N–H and O–H groups in total. The Morgan fingerprint density at radius 3 is 2.67 bits per heavy atom. The van der Waals surface area contributed by atoms with Crippen LogP contribution < -0.4 is 14.8 Å². The Hall–Kier alpha value is -1.62. The van der Waals surface area contributed by atoms with Crippen LogP contribution in [0.1, 0.15) is 12.5 Å². The zero-order valence-electron chi connectivity index (χ0n) is 10.5. The molecule has 0 aliphatic carbocycles. The molecular weight excluding hydrogens is 240 g/mol. The molecule has 0 aromatic heterocycles. The fraction of sp³-hybridized carbons (Fsp3) is 0.385. The van der Waals surface area contributed by atoms with Gasteiger partial charge in [-0.1, -0.05) is 18.2 Å². The first-order valence-corrected chi connectivity index (χ1v) is 5.49. The molecule has 0 atom stereocenters. The van der Waals surface area contributed by atoms with Crippen molar-refractivity contribution in [1.29, 1.82) is 0 Å². The van der Waals surface area contributed by atoms with Crippen molar-refractivity contribution >= 4 is 0 Å². The maximum atomic E-state index is 12.2. The molecule has 0 heterocycles. The van der Waals surface area contributed by atoms with Crippen LogP contribution in [0.15, 0.2) is 30.4 Å². The summed E-state index contributed by atoms with van der Waals surface area (Å²) in [6, 6.07) is 4.94. The average molecular weight is 257 g/mol. The average Bonchev–Trinajstić information content (AvgIpc) is 2.28. The largest absolute Gasteiger partial charge is 0.493 e. The van der Waals surface area contributed by atoms with E-state index in [0.29, 0.717) is 18.8 Å². The molecule has 0 fully saturated rings. The number of methoxy groups -OCH3 is 1. The van der Waals surface area contributed by atoms with E-state index in [1.165, 1.54) is 13.2 Å². The predicted octanol–water partition coefficient (Wildman–Crippen LogP) is 2.96. The first kappa shape index (κ1) is 14.4. The van der Waals surface area contributed by atoms with Crippen molar-refractivity contribution in [3.63, 3.8) is 0 Å². The summed E-state index contributed by atoms with van der Waals surface area (Å²) in [6.45, 7) is 4.04. The molecule has 1 aromatic carbocycles. The van der Waals surface area contributed by atoms with Crippen LogP contribution >= 0.6 is 0 Å². The monoisotopic (exact) mass is 257 g/mol. The summed E-state index contributed by atoms with van der Waals surface area (Å²) in [4.78, 5) is 0. The maximum absolute atomic E-state index is 12.2. The third-order valence-electron chi connectivity index (χ3n) is 2.20. The highest BCUT2D eigenvalue weighted by Gasteiger charge is 2.11. The smallest absolute Gasteiger partial charge is 0.387 e. The van der Waals surface area contributed by atoms with Gasteiger partial charge in [0.15, 0.2) is 11.5 Å². The van der Waals surface area contributed by atoms with Crippen LogP contribution in [0.3, 0.4) is 0 Å². The number of hydrogen-bond donors (Lipinski definition) is 1. The molecule has 0 radical (unpaired) electrons. The van der Waals surface area contributed by atoms with Crippen molar-refractivity contribution in [2.24, 2.45) is 0 Å². The molecule has 0 unspecified atom stereocenters. The number of rotatable bonds is 7. The summed E-state index contributed by atoms with van der Waals surface area (Å²) in [5.74, 6) is 0.334. The molecule has 0 aliphatic rings. The van der Waals surface area contributed by atoms with Gasteiger partial charge in [0.1, 0.15) is 0 Å². The molecule has 0 spiro atoms. The van der Waals surface area contributed by atoms with Gasteiger partial charge in [0.25, 0.3) is 0 Å². The van der Waals surface area contributed by atoms with Crippen molar-refractivity contribution in [2.45, 2.75) is 20.1 Å². The zero-order chi connectivity index (χ0) is 13.5. The Bertz CT molecular complexity index is 408. The molecule has 0 amide bonds. The van der Waals surface area contributed by atoms with E-state index in [1.807, 2.05) is 6.92 Å². The van der Waals surface area contributed by atoms with Crippen LogP contribution in [-0.2, 0) is 6.54 Å². The summed E-state index contributed by atoms with van der Waals surface area (Å²) >= 11 is 0. The first-order valence-electron chi connectivity index (χ1n) is 5.49. The number of nitrogens with one attached hydrogen (secondary N) is 1.